The van der Waals surface area contributed by atoms with Crippen molar-refractivity contribution in [2.24, 2.45) is 0 Å². The van der Waals surface area contributed by atoms with Gasteiger partial charge in [0.25, 0.3) is 0 Å². The summed E-state index contributed by atoms with van der Waals surface area (Å²) < 4.78 is 10.3. The number of benzene rings is 1. The Labute approximate surface area is 112 Å². The molecule has 0 spiro atoms. The number of rotatable bonds is 6. The van der Waals surface area contributed by atoms with Crippen molar-refractivity contribution in [2.75, 3.05) is 25.3 Å². The highest BCUT2D eigenvalue weighted by atomic mass is 32.2. The van der Waals surface area contributed by atoms with Gasteiger partial charge in [-0.3, -0.25) is 4.79 Å². The number of anilines is 1. The lowest BCUT2D eigenvalue weighted by atomic mass is 10.2. The molecule has 0 aliphatic heterocycles. The maximum absolute atomic E-state index is 11.7. The second kappa shape index (κ2) is 7.16. The van der Waals surface area contributed by atoms with E-state index in [-0.39, 0.29) is 5.91 Å². The molecule has 0 saturated carbocycles. The molecule has 1 amide bonds. The number of nitrogens with one attached hydrogen (secondary N) is 1. The summed E-state index contributed by atoms with van der Waals surface area (Å²) >= 11 is 1.61. The predicted molar refractivity (Wildman–Crippen MR) is 75.8 cm³/mol. The van der Waals surface area contributed by atoms with Gasteiger partial charge in [0, 0.05) is 11.8 Å². The minimum atomic E-state index is -0.0130. The molecule has 0 atom stereocenters. The van der Waals surface area contributed by atoms with Crippen LogP contribution >= 0.6 is 11.8 Å². The number of amides is 1. The van der Waals surface area contributed by atoms with Crippen LogP contribution in [-0.4, -0.2) is 31.1 Å². The molecule has 1 aromatic carbocycles. The van der Waals surface area contributed by atoms with Crippen LogP contribution in [0.5, 0.6) is 11.5 Å². The Kier molecular flexibility index (Phi) is 5.85. The monoisotopic (exact) mass is 269 g/mol. The first-order chi connectivity index (χ1) is 8.56. The summed E-state index contributed by atoms with van der Waals surface area (Å²) in [6.45, 7) is 4.13. The van der Waals surface area contributed by atoms with Crippen LogP contribution in [0.2, 0.25) is 0 Å². The fourth-order valence-electron chi connectivity index (χ4n) is 1.35. The average Bonchev–Trinajstić information content (AvgIpc) is 2.36. The zero-order valence-electron chi connectivity index (χ0n) is 11.1. The highest BCUT2D eigenvalue weighted by Crippen LogP contribution is 2.29. The Balaban J connectivity index is 2.64. The molecule has 0 bridgehead atoms. The van der Waals surface area contributed by atoms with E-state index >= 15 is 0 Å². The van der Waals surface area contributed by atoms with Crippen molar-refractivity contribution in [1.29, 1.82) is 0 Å². The van der Waals surface area contributed by atoms with Crippen molar-refractivity contribution in [3.05, 3.63) is 18.2 Å². The number of carbonyl (C=O) groups excluding carboxylic acids is 1. The third-order valence-corrected chi connectivity index (χ3v) is 3.31. The number of methoxy groups -OCH3 is 2. The van der Waals surface area contributed by atoms with Gasteiger partial charge in [0.2, 0.25) is 5.91 Å². The highest BCUT2D eigenvalue weighted by Gasteiger charge is 2.08. The van der Waals surface area contributed by atoms with Gasteiger partial charge in [-0.25, -0.2) is 0 Å². The van der Waals surface area contributed by atoms with E-state index in [1.165, 1.54) is 0 Å². The summed E-state index contributed by atoms with van der Waals surface area (Å²) in [5.74, 6) is 1.69. The zero-order chi connectivity index (χ0) is 13.5. The standard InChI is InChI=1S/C13H19NO3S/c1-9(2)18-8-13(15)14-10-5-6-11(16-3)12(7-10)17-4/h5-7,9H,8H2,1-4H3,(H,14,15). The molecule has 5 heteroatoms. The maximum atomic E-state index is 11.7. The third kappa shape index (κ3) is 4.49. The van der Waals surface area contributed by atoms with Gasteiger partial charge in [0.05, 0.1) is 20.0 Å². The number of hydrogen-bond donors (Lipinski definition) is 1. The molecule has 0 unspecified atom stereocenters. The van der Waals surface area contributed by atoms with Gasteiger partial charge in [-0.05, 0) is 17.4 Å². The molecule has 1 N–H and O–H groups in total. The van der Waals surface area contributed by atoms with Crippen molar-refractivity contribution in [3.8, 4) is 11.5 Å². The summed E-state index contributed by atoms with van der Waals surface area (Å²) in [7, 11) is 3.15. The van der Waals surface area contributed by atoms with Crippen molar-refractivity contribution in [1.82, 2.24) is 0 Å². The molecule has 0 heterocycles. The van der Waals surface area contributed by atoms with Crippen LogP contribution in [0, 0.1) is 0 Å². The van der Waals surface area contributed by atoms with E-state index in [1.807, 2.05) is 0 Å². The van der Waals surface area contributed by atoms with Crippen molar-refractivity contribution >= 4 is 23.4 Å². The van der Waals surface area contributed by atoms with Crippen LogP contribution in [-0.2, 0) is 4.79 Å². The molecular formula is C13H19NO3S. The lowest BCUT2D eigenvalue weighted by molar-refractivity contribution is -0.113. The molecule has 0 saturated heterocycles. The van der Waals surface area contributed by atoms with Crippen LogP contribution in [0.1, 0.15) is 13.8 Å². The van der Waals surface area contributed by atoms with Gasteiger partial charge in [-0.1, -0.05) is 13.8 Å². The van der Waals surface area contributed by atoms with Crippen LogP contribution in [0.25, 0.3) is 0 Å². The molecule has 4 nitrogen and oxygen atoms in total. The van der Waals surface area contributed by atoms with Crippen molar-refractivity contribution in [2.45, 2.75) is 19.1 Å². The zero-order valence-corrected chi connectivity index (χ0v) is 12.0. The molecule has 1 aromatic rings. The van der Waals surface area contributed by atoms with Gasteiger partial charge in [0.1, 0.15) is 0 Å². The highest BCUT2D eigenvalue weighted by molar-refractivity contribution is 8.00. The van der Waals surface area contributed by atoms with Crippen LogP contribution in [0.15, 0.2) is 18.2 Å². The summed E-state index contributed by atoms with van der Waals surface area (Å²) in [4.78, 5) is 11.7. The second-order valence-corrected chi connectivity index (χ2v) is 5.54. The fraction of sp³-hybridized carbons (Fsp3) is 0.462. The molecule has 100 valence electrons. The topological polar surface area (TPSA) is 47.6 Å². The summed E-state index contributed by atoms with van der Waals surface area (Å²) in [5.41, 5.74) is 0.710. The normalized spacial score (nSPS) is 10.3. The van der Waals surface area contributed by atoms with Gasteiger partial charge in [-0.2, -0.15) is 0 Å². The van der Waals surface area contributed by atoms with E-state index in [1.54, 1.807) is 44.2 Å². The van der Waals surface area contributed by atoms with Crippen molar-refractivity contribution in [3.63, 3.8) is 0 Å². The number of carbonyl (C=O) groups is 1. The first kappa shape index (κ1) is 14.7. The summed E-state index contributed by atoms with van der Waals surface area (Å²) in [6, 6.07) is 5.31. The molecule has 18 heavy (non-hydrogen) atoms. The molecule has 0 aromatic heterocycles. The number of thioether (sulfide) groups is 1. The summed E-state index contributed by atoms with van der Waals surface area (Å²) in [5, 5.41) is 3.27. The SMILES string of the molecule is COc1ccc(NC(=O)CSC(C)C)cc1OC. The first-order valence-corrected chi connectivity index (χ1v) is 6.75. The molecule has 0 fully saturated rings. The summed E-state index contributed by atoms with van der Waals surface area (Å²) in [6.07, 6.45) is 0. The van der Waals surface area contributed by atoms with Crippen LogP contribution < -0.4 is 14.8 Å². The van der Waals surface area contributed by atoms with Gasteiger partial charge in [-0.15, -0.1) is 11.8 Å². The first-order valence-electron chi connectivity index (χ1n) is 5.70. The van der Waals surface area contributed by atoms with E-state index < -0.39 is 0 Å². The second-order valence-electron chi connectivity index (χ2n) is 3.98. The quantitative estimate of drug-likeness (QED) is 0.862. The Hall–Kier alpha value is -1.36. The Bertz CT molecular complexity index is 407. The van der Waals surface area contributed by atoms with E-state index in [4.69, 9.17) is 9.47 Å². The minimum Gasteiger partial charge on any atom is -0.493 e. The van der Waals surface area contributed by atoms with Gasteiger partial charge >= 0.3 is 0 Å². The maximum Gasteiger partial charge on any atom is 0.234 e. The molecule has 1 rings (SSSR count). The Morgan fingerprint density at radius 3 is 2.50 bits per heavy atom. The average molecular weight is 269 g/mol. The molecule has 0 radical (unpaired) electrons. The smallest absolute Gasteiger partial charge is 0.234 e. The fourth-order valence-corrected chi connectivity index (χ4v) is 1.91. The predicted octanol–water partition coefficient (Wildman–Crippen LogP) is 2.78. The molecule has 0 aliphatic carbocycles. The molecule has 0 aliphatic rings. The Morgan fingerprint density at radius 1 is 1.28 bits per heavy atom. The number of hydrogen-bond acceptors (Lipinski definition) is 4. The number of ether oxygens (including phenoxy) is 2. The van der Waals surface area contributed by atoms with E-state index in [0.717, 1.165) is 0 Å². The van der Waals surface area contributed by atoms with Crippen LogP contribution in [0.3, 0.4) is 0 Å². The van der Waals surface area contributed by atoms with Gasteiger partial charge in [0.15, 0.2) is 11.5 Å². The van der Waals surface area contributed by atoms with Crippen LogP contribution in [0.4, 0.5) is 5.69 Å². The van der Waals surface area contributed by atoms with E-state index in [9.17, 15) is 4.79 Å². The third-order valence-electron chi connectivity index (χ3n) is 2.22. The van der Waals surface area contributed by atoms with Crippen molar-refractivity contribution < 1.29 is 14.3 Å². The van der Waals surface area contributed by atoms with E-state index in [0.29, 0.717) is 28.2 Å². The lowest BCUT2D eigenvalue weighted by Gasteiger charge is -2.11. The Morgan fingerprint density at radius 2 is 1.94 bits per heavy atom. The lowest BCUT2D eigenvalue weighted by Crippen LogP contribution is -2.15. The van der Waals surface area contributed by atoms with E-state index in [2.05, 4.69) is 19.2 Å². The largest absolute Gasteiger partial charge is 0.493 e. The molecular weight excluding hydrogens is 250 g/mol. The minimum absolute atomic E-state index is 0.0130. The van der Waals surface area contributed by atoms with Gasteiger partial charge < -0.3 is 14.8 Å².